The number of nitrogens with one attached hydrogen (secondary N) is 1. The standard InChI is InChI=1S/C14H19BrFNS/c1-2-17-13(14-4-3-7-18-14)8-10-5-6-11(15)9-12(10)16/h5-6,9,13-14,17H,2-4,7-8H2,1H3. The number of rotatable bonds is 5. The molecule has 1 aromatic carbocycles. The molecule has 1 saturated heterocycles. The van der Waals surface area contributed by atoms with Crippen molar-refractivity contribution in [1.29, 1.82) is 0 Å². The van der Waals surface area contributed by atoms with Crippen LogP contribution < -0.4 is 5.32 Å². The van der Waals surface area contributed by atoms with Crippen LogP contribution in [0, 0.1) is 5.82 Å². The van der Waals surface area contributed by atoms with Crippen LogP contribution in [0.3, 0.4) is 0 Å². The van der Waals surface area contributed by atoms with Gasteiger partial charge >= 0.3 is 0 Å². The Hall–Kier alpha value is -0.0600. The summed E-state index contributed by atoms with van der Waals surface area (Å²) >= 11 is 5.32. The normalized spacial score (nSPS) is 21.2. The lowest BCUT2D eigenvalue weighted by molar-refractivity contribution is 0.484. The first kappa shape index (κ1) is 14.4. The molecule has 0 radical (unpaired) electrons. The number of likely N-dealkylation sites (N-methyl/N-ethyl adjacent to an activating group) is 1. The highest BCUT2D eigenvalue weighted by atomic mass is 79.9. The Morgan fingerprint density at radius 2 is 2.39 bits per heavy atom. The summed E-state index contributed by atoms with van der Waals surface area (Å²) < 4.78 is 14.7. The van der Waals surface area contributed by atoms with E-state index in [4.69, 9.17) is 0 Å². The van der Waals surface area contributed by atoms with Crippen molar-refractivity contribution in [1.82, 2.24) is 5.32 Å². The van der Waals surface area contributed by atoms with E-state index in [2.05, 4.69) is 28.2 Å². The van der Waals surface area contributed by atoms with E-state index < -0.39 is 0 Å². The Labute approximate surface area is 121 Å². The van der Waals surface area contributed by atoms with Crippen molar-refractivity contribution >= 4 is 27.7 Å². The molecule has 0 spiro atoms. The summed E-state index contributed by atoms with van der Waals surface area (Å²) in [6, 6.07) is 5.75. The van der Waals surface area contributed by atoms with Crippen molar-refractivity contribution in [2.24, 2.45) is 0 Å². The fourth-order valence-electron chi connectivity index (χ4n) is 2.44. The van der Waals surface area contributed by atoms with Crippen LogP contribution in [0.1, 0.15) is 25.3 Å². The molecule has 2 rings (SSSR count). The molecule has 100 valence electrons. The van der Waals surface area contributed by atoms with Gasteiger partial charge in [-0.05, 0) is 49.3 Å². The van der Waals surface area contributed by atoms with Gasteiger partial charge in [0.2, 0.25) is 0 Å². The van der Waals surface area contributed by atoms with Crippen molar-refractivity contribution in [3.8, 4) is 0 Å². The maximum atomic E-state index is 13.9. The monoisotopic (exact) mass is 331 g/mol. The summed E-state index contributed by atoms with van der Waals surface area (Å²) in [5, 5.41) is 4.15. The fraction of sp³-hybridized carbons (Fsp3) is 0.571. The molecule has 2 atom stereocenters. The fourth-order valence-corrected chi connectivity index (χ4v) is 4.17. The molecule has 1 N–H and O–H groups in total. The number of benzene rings is 1. The van der Waals surface area contributed by atoms with Crippen LogP contribution in [0.25, 0.3) is 0 Å². The Morgan fingerprint density at radius 3 is 3.00 bits per heavy atom. The van der Waals surface area contributed by atoms with Crippen LogP contribution in [0.15, 0.2) is 22.7 Å². The highest BCUT2D eigenvalue weighted by Crippen LogP contribution is 2.30. The van der Waals surface area contributed by atoms with Gasteiger partial charge in [-0.1, -0.05) is 28.9 Å². The van der Waals surface area contributed by atoms with Gasteiger partial charge in [0, 0.05) is 15.8 Å². The van der Waals surface area contributed by atoms with Crippen LogP contribution in [-0.2, 0) is 6.42 Å². The highest BCUT2D eigenvalue weighted by molar-refractivity contribution is 9.10. The highest BCUT2D eigenvalue weighted by Gasteiger charge is 2.25. The van der Waals surface area contributed by atoms with Gasteiger partial charge in [-0.3, -0.25) is 0 Å². The molecule has 0 bridgehead atoms. The largest absolute Gasteiger partial charge is 0.313 e. The van der Waals surface area contributed by atoms with Crippen LogP contribution in [0.4, 0.5) is 4.39 Å². The summed E-state index contributed by atoms with van der Waals surface area (Å²) in [4.78, 5) is 0. The molecular formula is C14H19BrFNS. The zero-order valence-corrected chi connectivity index (χ0v) is 13.0. The van der Waals surface area contributed by atoms with Crippen LogP contribution in [0.2, 0.25) is 0 Å². The summed E-state index contributed by atoms with van der Waals surface area (Å²) in [6.45, 7) is 3.06. The SMILES string of the molecule is CCNC(Cc1ccc(Br)cc1F)C1CCCS1. The molecule has 0 saturated carbocycles. The molecule has 0 aromatic heterocycles. The molecule has 18 heavy (non-hydrogen) atoms. The van der Waals surface area contributed by atoms with Gasteiger partial charge in [0.05, 0.1) is 0 Å². The lowest BCUT2D eigenvalue weighted by Crippen LogP contribution is -2.39. The molecule has 1 aliphatic rings. The van der Waals surface area contributed by atoms with Crippen molar-refractivity contribution in [3.63, 3.8) is 0 Å². The molecule has 1 aromatic rings. The summed E-state index contributed by atoms with van der Waals surface area (Å²) in [5.41, 5.74) is 0.816. The van der Waals surface area contributed by atoms with Gasteiger partial charge in [0.1, 0.15) is 5.82 Å². The molecular weight excluding hydrogens is 313 g/mol. The molecule has 4 heteroatoms. The lowest BCUT2D eigenvalue weighted by atomic mass is 10.0. The topological polar surface area (TPSA) is 12.0 Å². The molecule has 0 amide bonds. The number of thioether (sulfide) groups is 1. The third-order valence-corrected chi connectivity index (χ3v) is 5.34. The van der Waals surface area contributed by atoms with E-state index in [-0.39, 0.29) is 5.82 Å². The zero-order chi connectivity index (χ0) is 13.0. The molecule has 1 fully saturated rings. The second-order valence-corrected chi connectivity index (χ2v) is 6.92. The minimum atomic E-state index is -0.102. The smallest absolute Gasteiger partial charge is 0.127 e. The van der Waals surface area contributed by atoms with Crippen molar-refractivity contribution < 1.29 is 4.39 Å². The molecule has 2 unspecified atom stereocenters. The quantitative estimate of drug-likeness (QED) is 0.875. The van der Waals surface area contributed by atoms with E-state index in [1.807, 2.05) is 23.9 Å². The van der Waals surface area contributed by atoms with Gasteiger partial charge in [-0.25, -0.2) is 4.39 Å². The second kappa shape index (κ2) is 6.92. The van der Waals surface area contributed by atoms with Gasteiger partial charge in [0.25, 0.3) is 0 Å². The Bertz CT molecular complexity index is 393. The average molecular weight is 332 g/mol. The number of hydrogen-bond acceptors (Lipinski definition) is 2. The van der Waals surface area contributed by atoms with Crippen LogP contribution >= 0.6 is 27.7 Å². The first-order chi connectivity index (χ1) is 8.70. The molecule has 1 aliphatic heterocycles. The predicted molar refractivity (Wildman–Crippen MR) is 80.7 cm³/mol. The second-order valence-electron chi connectivity index (χ2n) is 4.66. The predicted octanol–water partition coefficient (Wildman–Crippen LogP) is 4.00. The third kappa shape index (κ3) is 3.72. The first-order valence-electron chi connectivity index (χ1n) is 6.49. The van der Waals surface area contributed by atoms with Crippen molar-refractivity contribution in [2.45, 2.75) is 37.5 Å². The Balaban J connectivity index is 2.07. The van der Waals surface area contributed by atoms with Crippen LogP contribution in [-0.4, -0.2) is 23.6 Å². The van der Waals surface area contributed by atoms with Gasteiger partial charge in [-0.2, -0.15) is 11.8 Å². The maximum absolute atomic E-state index is 13.9. The maximum Gasteiger partial charge on any atom is 0.127 e. The van der Waals surface area contributed by atoms with Gasteiger partial charge in [0.15, 0.2) is 0 Å². The van der Waals surface area contributed by atoms with Crippen molar-refractivity contribution in [2.75, 3.05) is 12.3 Å². The van der Waals surface area contributed by atoms with E-state index in [9.17, 15) is 4.39 Å². The zero-order valence-electron chi connectivity index (χ0n) is 10.6. The molecule has 1 nitrogen and oxygen atoms in total. The average Bonchev–Trinajstić information content (AvgIpc) is 2.85. The Kier molecular flexibility index (Phi) is 5.52. The van der Waals surface area contributed by atoms with E-state index in [0.29, 0.717) is 11.3 Å². The van der Waals surface area contributed by atoms with E-state index in [0.717, 1.165) is 23.0 Å². The third-order valence-electron chi connectivity index (χ3n) is 3.33. The summed E-state index contributed by atoms with van der Waals surface area (Å²) in [7, 11) is 0. The van der Waals surface area contributed by atoms with Crippen molar-refractivity contribution in [3.05, 3.63) is 34.1 Å². The molecule has 1 heterocycles. The van der Waals surface area contributed by atoms with E-state index >= 15 is 0 Å². The lowest BCUT2D eigenvalue weighted by Gasteiger charge is -2.24. The summed E-state index contributed by atoms with van der Waals surface area (Å²) in [5.74, 6) is 1.14. The van der Waals surface area contributed by atoms with Gasteiger partial charge in [-0.15, -0.1) is 0 Å². The molecule has 0 aliphatic carbocycles. The van der Waals surface area contributed by atoms with E-state index in [1.54, 1.807) is 6.07 Å². The van der Waals surface area contributed by atoms with Crippen LogP contribution in [0.5, 0.6) is 0 Å². The minimum Gasteiger partial charge on any atom is -0.313 e. The number of halogens is 2. The first-order valence-corrected chi connectivity index (χ1v) is 8.33. The summed E-state index contributed by atoms with van der Waals surface area (Å²) in [6.07, 6.45) is 3.32. The Morgan fingerprint density at radius 1 is 1.56 bits per heavy atom. The van der Waals surface area contributed by atoms with Gasteiger partial charge < -0.3 is 5.32 Å². The van der Waals surface area contributed by atoms with E-state index in [1.165, 1.54) is 18.6 Å². The number of hydrogen-bond donors (Lipinski definition) is 1. The minimum absolute atomic E-state index is 0.102.